The van der Waals surface area contributed by atoms with E-state index >= 15 is 0 Å². The van der Waals surface area contributed by atoms with E-state index in [1.807, 2.05) is 30.1 Å². The summed E-state index contributed by atoms with van der Waals surface area (Å²) < 4.78 is 11.1. The Morgan fingerprint density at radius 2 is 2.00 bits per heavy atom. The number of nitrogens with one attached hydrogen (secondary N) is 2. The third kappa shape index (κ3) is 8.71. The van der Waals surface area contributed by atoms with Crippen molar-refractivity contribution in [3.8, 4) is 0 Å². The van der Waals surface area contributed by atoms with Gasteiger partial charge in [-0.2, -0.15) is 0 Å². The summed E-state index contributed by atoms with van der Waals surface area (Å²) in [5, 5.41) is 7.38. The molecule has 3 atom stereocenters. The molecule has 6 nitrogen and oxygen atoms in total. The van der Waals surface area contributed by atoms with Crippen molar-refractivity contribution < 1.29 is 14.3 Å². The zero-order chi connectivity index (χ0) is 24.2. The van der Waals surface area contributed by atoms with Crippen LogP contribution in [0.2, 0.25) is 5.02 Å². The number of carbonyl (C=O) groups excluding carboxylic acids is 1. The molecule has 0 radical (unpaired) electrons. The Balaban J connectivity index is 1.62. The van der Waals surface area contributed by atoms with Gasteiger partial charge < -0.3 is 25.0 Å². The molecule has 7 heteroatoms. The lowest BCUT2D eigenvalue weighted by Gasteiger charge is -2.38. The molecule has 0 aromatic heterocycles. The van der Waals surface area contributed by atoms with Gasteiger partial charge in [0.2, 0.25) is 0 Å². The third-order valence-corrected chi connectivity index (χ3v) is 7.68. The molecule has 34 heavy (non-hydrogen) atoms. The summed E-state index contributed by atoms with van der Waals surface area (Å²) >= 11 is 6.32. The molecule has 1 aliphatic carbocycles. The Morgan fingerprint density at radius 3 is 2.74 bits per heavy atom. The van der Waals surface area contributed by atoms with Gasteiger partial charge in [-0.1, -0.05) is 55.8 Å². The molecule has 0 spiro atoms. The van der Waals surface area contributed by atoms with Crippen molar-refractivity contribution in [2.45, 2.75) is 63.3 Å². The molecular weight excluding hydrogens is 450 g/mol. The largest absolute Gasteiger partial charge is 0.382 e. The lowest BCUT2D eigenvalue weighted by molar-refractivity contribution is 0.0467. The molecule has 192 valence electrons. The Morgan fingerprint density at radius 1 is 1.18 bits per heavy atom. The van der Waals surface area contributed by atoms with E-state index in [9.17, 15) is 4.79 Å². The number of ether oxygens (including phenoxy) is 2. The number of methoxy groups -OCH3 is 1. The predicted molar refractivity (Wildman–Crippen MR) is 139 cm³/mol. The number of urea groups is 1. The number of carbonyl (C=O) groups is 1. The van der Waals surface area contributed by atoms with Gasteiger partial charge in [-0.05, 0) is 55.8 Å². The summed E-state index contributed by atoms with van der Waals surface area (Å²) in [5.41, 5.74) is 1.18. The fourth-order valence-corrected chi connectivity index (χ4v) is 5.85. The molecule has 1 unspecified atom stereocenters. The first-order chi connectivity index (χ1) is 16.6. The van der Waals surface area contributed by atoms with E-state index in [0.29, 0.717) is 25.7 Å². The Hall–Kier alpha value is -1.34. The number of hydrogen-bond donors (Lipinski definition) is 2. The van der Waals surface area contributed by atoms with Crippen molar-refractivity contribution in [1.29, 1.82) is 0 Å². The average Bonchev–Trinajstić information content (AvgIpc) is 2.85. The van der Waals surface area contributed by atoms with Crippen molar-refractivity contribution >= 4 is 17.6 Å². The van der Waals surface area contributed by atoms with Crippen LogP contribution in [0.15, 0.2) is 24.3 Å². The van der Waals surface area contributed by atoms with Crippen LogP contribution in [0, 0.1) is 11.8 Å². The van der Waals surface area contributed by atoms with Crippen LogP contribution >= 0.6 is 11.6 Å². The van der Waals surface area contributed by atoms with Crippen LogP contribution in [0.1, 0.15) is 62.8 Å². The van der Waals surface area contributed by atoms with Crippen LogP contribution in [0.3, 0.4) is 0 Å². The van der Waals surface area contributed by atoms with Crippen molar-refractivity contribution in [1.82, 2.24) is 15.5 Å². The quantitative estimate of drug-likeness (QED) is 0.399. The number of benzene rings is 1. The van der Waals surface area contributed by atoms with E-state index in [0.717, 1.165) is 49.8 Å². The van der Waals surface area contributed by atoms with E-state index < -0.39 is 0 Å². The lowest BCUT2D eigenvalue weighted by atomic mass is 9.81. The summed E-state index contributed by atoms with van der Waals surface area (Å²) in [6.45, 7) is 4.12. The van der Waals surface area contributed by atoms with Gasteiger partial charge in [-0.15, -0.1) is 0 Å². The van der Waals surface area contributed by atoms with Gasteiger partial charge in [-0.3, -0.25) is 0 Å². The minimum absolute atomic E-state index is 0.0749. The SMILES string of the molecule is CNCC(CC1CCCCC1)NC(=O)N1CCC[C@@H]([C@@H](COCCOC)c2cccc(Cl)c2)C1. The number of likely N-dealkylation sites (N-methyl/N-ethyl adjacent to an activating group) is 1. The lowest BCUT2D eigenvalue weighted by Crippen LogP contribution is -2.52. The molecular formula is C27H44ClN3O3. The number of piperidine rings is 1. The maximum atomic E-state index is 13.3. The standard InChI is InChI=1S/C27H44ClN3O3/c1-29-18-25(16-21-8-4-3-5-9-21)30-27(32)31-13-7-11-23(19-31)26(20-34-15-14-33-2)22-10-6-12-24(28)17-22/h6,10,12,17,21,23,25-26,29H,3-5,7-9,11,13-16,18-20H2,1-2H3,(H,30,32)/t23-,25?,26+/m1/s1. The molecule has 1 aromatic carbocycles. The first kappa shape index (κ1) is 27.3. The molecule has 2 fully saturated rings. The van der Waals surface area contributed by atoms with Crippen LogP contribution in [-0.4, -0.2) is 70.6 Å². The first-order valence-corrected chi connectivity index (χ1v) is 13.5. The van der Waals surface area contributed by atoms with Crippen molar-refractivity contribution in [2.75, 3.05) is 53.6 Å². The highest BCUT2D eigenvalue weighted by molar-refractivity contribution is 6.30. The highest BCUT2D eigenvalue weighted by Crippen LogP contribution is 2.33. The molecule has 3 rings (SSSR count). The van der Waals surface area contributed by atoms with Gasteiger partial charge in [0.1, 0.15) is 0 Å². The molecule has 1 aliphatic heterocycles. The van der Waals surface area contributed by atoms with Crippen LogP contribution in [0.4, 0.5) is 4.79 Å². The minimum atomic E-state index is 0.0749. The van der Waals surface area contributed by atoms with Crippen molar-refractivity contribution in [2.24, 2.45) is 11.8 Å². The average molecular weight is 494 g/mol. The van der Waals surface area contributed by atoms with E-state index in [1.165, 1.54) is 37.7 Å². The van der Waals surface area contributed by atoms with Gasteiger partial charge in [0.15, 0.2) is 0 Å². The summed E-state index contributed by atoms with van der Waals surface area (Å²) in [7, 11) is 3.65. The summed E-state index contributed by atoms with van der Waals surface area (Å²) in [4.78, 5) is 15.3. The zero-order valence-electron chi connectivity index (χ0n) is 21.1. The van der Waals surface area contributed by atoms with E-state index in [-0.39, 0.29) is 18.0 Å². The van der Waals surface area contributed by atoms with Crippen LogP contribution in [0.5, 0.6) is 0 Å². The topological polar surface area (TPSA) is 62.8 Å². The Labute approximate surface area is 211 Å². The molecule has 1 saturated heterocycles. The van der Waals surface area contributed by atoms with Gasteiger partial charge in [0.05, 0.1) is 19.8 Å². The summed E-state index contributed by atoms with van der Waals surface area (Å²) in [5.74, 6) is 1.26. The summed E-state index contributed by atoms with van der Waals surface area (Å²) in [6.07, 6.45) is 9.77. The fraction of sp³-hybridized carbons (Fsp3) is 0.741. The molecule has 2 N–H and O–H groups in total. The van der Waals surface area contributed by atoms with Crippen LogP contribution in [0.25, 0.3) is 0 Å². The number of hydrogen-bond acceptors (Lipinski definition) is 4. The second-order valence-corrected chi connectivity index (χ2v) is 10.5. The molecule has 2 aliphatic rings. The first-order valence-electron chi connectivity index (χ1n) is 13.1. The van der Waals surface area contributed by atoms with Gasteiger partial charge in [0.25, 0.3) is 0 Å². The van der Waals surface area contributed by atoms with Crippen molar-refractivity contribution in [3.05, 3.63) is 34.9 Å². The van der Waals surface area contributed by atoms with E-state index in [4.69, 9.17) is 21.1 Å². The van der Waals surface area contributed by atoms with Gasteiger partial charge >= 0.3 is 6.03 Å². The molecule has 2 amide bonds. The van der Waals surface area contributed by atoms with Gasteiger partial charge in [-0.25, -0.2) is 4.79 Å². The summed E-state index contributed by atoms with van der Waals surface area (Å²) in [6, 6.07) is 8.33. The second-order valence-electron chi connectivity index (χ2n) is 10.0. The number of likely N-dealkylation sites (tertiary alicyclic amines) is 1. The third-order valence-electron chi connectivity index (χ3n) is 7.44. The van der Waals surface area contributed by atoms with Crippen LogP contribution < -0.4 is 10.6 Å². The maximum Gasteiger partial charge on any atom is 0.317 e. The normalized spacial score (nSPS) is 21.3. The van der Waals surface area contributed by atoms with Gasteiger partial charge in [0, 0.05) is 43.7 Å². The molecule has 1 heterocycles. The smallest absolute Gasteiger partial charge is 0.317 e. The number of nitrogens with zero attached hydrogens (tertiary/aromatic N) is 1. The van der Waals surface area contributed by atoms with E-state index in [1.54, 1.807) is 7.11 Å². The predicted octanol–water partition coefficient (Wildman–Crippen LogP) is 5.07. The zero-order valence-corrected chi connectivity index (χ0v) is 21.8. The number of halogens is 1. The Bertz CT molecular complexity index is 729. The molecule has 0 bridgehead atoms. The maximum absolute atomic E-state index is 13.3. The Kier molecular flexibility index (Phi) is 12.0. The van der Waals surface area contributed by atoms with E-state index in [2.05, 4.69) is 16.7 Å². The second kappa shape index (κ2) is 14.9. The fourth-order valence-electron chi connectivity index (χ4n) is 5.65. The van der Waals surface area contributed by atoms with Crippen LogP contribution in [-0.2, 0) is 9.47 Å². The molecule has 1 saturated carbocycles. The van der Waals surface area contributed by atoms with Crippen molar-refractivity contribution in [3.63, 3.8) is 0 Å². The monoisotopic (exact) mass is 493 g/mol. The highest BCUT2D eigenvalue weighted by Gasteiger charge is 2.32. The minimum Gasteiger partial charge on any atom is -0.382 e. The highest BCUT2D eigenvalue weighted by atomic mass is 35.5. The number of rotatable bonds is 12. The number of amides is 2. The molecule has 1 aromatic rings.